The topological polar surface area (TPSA) is 42.7 Å². The fraction of sp³-hybridized carbons (Fsp3) is 0.471. The number of benzene rings is 1. The van der Waals surface area contributed by atoms with Crippen LogP contribution >= 0.6 is 0 Å². The lowest BCUT2D eigenvalue weighted by Gasteiger charge is -2.27. The van der Waals surface area contributed by atoms with Crippen LogP contribution in [0.3, 0.4) is 0 Å². The Balaban J connectivity index is 1.85. The first kappa shape index (κ1) is 14.0. The number of para-hydroxylation sites is 1. The first-order valence-corrected chi connectivity index (χ1v) is 7.42. The van der Waals surface area contributed by atoms with E-state index in [9.17, 15) is 4.79 Å². The Bertz CT molecular complexity index is 620. The summed E-state index contributed by atoms with van der Waals surface area (Å²) in [5, 5.41) is 1.07. The van der Waals surface area contributed by atoms with Gasteiger partial charge in [0.25, 0.3) is 0 Å². The molecule has 0 unspecified atom stereocenters. The number of rotatable bonds is 1. The highest BCUT2D eigenvalue weighted by molar-refractivity contribution is 5.78. The van der Waals surface area contributed by atoms with E-state index in [1.807, 2.05) is 51.1 Å². The molecule has 0 bridgehead atoms. The van der Waals surface area contributed by atoms with Crippen LogP contribution in [0.1, 0.15) is 45.4 Å². The van der Waals surface area contributed by atoms with Crippen molar-refractivity contribution < 1.29 is 13.9 Å². The van der Waals surface area contributed by atoms with Gasteiger partial charge in [-0.15, -0.1) is 0 Å². The number of carbonyl (C=O) groups is 1. The lowest BCUT2D eigenvalue weighted by Crippen LogP contribution is -2.36. The second kappa shape index (κ2) is 5.10. The van der Waals surface area contributed by atoms with Crippen LogP contribution in [-0.2, 0) is 4.74 Å². The van der Waals surface area contributed by atoms with Crippen molar-refractivity contribution in [1.82, 2.24) is 4.90 Å². The van der Waals surface area contributed by atoms with Gasteiger partial charge in [-0.2, -0.15) is 0 Å². The molecule has 21 heavy (non-hydrogen) atoms. The summed E-state index contributed by atoms with van der Waals surface area (Å²) in [5.74, 6) is 0.847. The molecule has 0 radical (unpaired) electrons. The molecule has 3 rings (SSSR count). The van der Waals surface area contributed by atoms with Crippen molar-refractivity contribution in [3.63, 3.8) is 0 Å². The Hall–Kier alpha value is -1.97. The molecule has 2 aromatic rings. The van der Waals surface area contributed by atoms with Crippen LogP contribution in [0.5, 0.6) is 0 Å². The van der Waals surface area contributed by atoms with Crippen LogP contribution in [0.2, 0.25) is 0 Å². The van der Waals surface area contributed by atoms with Gasteiger partial charge in [-0.3, -0.25) is 4.90 Å². The fourth-order valence-electron chi connectivity index (χ4n) is 2.77. The third-order valence-electron chi connectivity index (χ3n) is 3.65. The van der Waals surface area contributed by atoms with E-state index in [-0.39, 0.29) is 12.1 Å². The minimum absolute atomic E-state index is 0.0211. The van der Waals surface area contributed by atoms with Crippen molar-refractivity contribution >= 4 is 17.1 Å². The molecule has 0 aliphatic carbocycles. The van der Waals surface area contributed by atoms with Gasteiger partial charge in [-0.1, -0.05) is 18.2 Å². The molecule has 0 N–H and O–H groups in total. The minimum Gasteiger partial charge on any atom is -0.459 e. The summed E-state index contributed by atoms with van der Waals surface area (Å²) >= 11 is 0. The van der Waals surface area contributed by atoms with Crippen molar-refractivity contribution in [2.45, 2.75) is 45.3 Å². The SMILES string of the molecule is CC(C)(C)OC(=O)N1CCC[C@H]1c1cc2ccccc2o1. The number of hydrogen-bond acceptors (Lipinski definition) is 3. The maximum Gasteiger partial charge on any atom is 0.410 e. The van der Waals surface area contributed by atoms with Crippen molar-refractivity contribution in [1.29, 1.82) is 0 Å². The molecule has 2 heterocycles. The Morgan fingerprint density at radius 2 is 2.10 bits per heavy atom. The molecule has 1 amide bonds. The average molecular weight is 287 g/mol. The predicted octanol–water partition coefficient (Wildman–Crippen LogP) is 4.50. The molecule has 4 nitrogen and oxygen atoms in total. The van der Waals surface area contributed by atoms with Crippen LogP contribution in [0, 0.1) is 0 Å². The Kier molecular flexibility index (Phi) is 3.40. The minimum atomic E-state index is -0.474. The quantitative estimate of drug-likeness (QED) is 0.775. The van der Waals surface area contributed by atoms with Gasteiger partial charge in [0.05, 0.1) is 6.04 Å². The van der Waals surface area contributed by atoms with E-state index < -0.39 is 5.60 Å². The Labute approximate surface area is 124 Å². The van der Waals surface area contributed by atoms with Crippen LogP contribution in [0.25, 0.3) is 11.0 Å². The molecule has 112 valence electrons. The molecule has 1 fully saturated rings. The first-order chi connectivity index (χ1) is 9.94. The molecule has 0 saturated carbocycles. The van der Waals surface area contributed by atoms with Crippen LogP contribution < -0.4 is 0 Å². The molecule has 1 atom stereocenters. The maximum absolute atomic E-state index is 12.3. The summed E-state index contributed by atoms with van der Waals surface area (Å²) in [7, 11) is 0. The second-order valence-electron chi connectivity index (χ2n) is 6.52. The monoisotopic (exact) mass is 287 g/mol. The van der Waals surface area contributed by atoms with Crippen molar-refractivity contribution in [3.05, 3.63) is 36.1 Å². The summed E-state index contributed by atoms with van der Waals surface area (Å²) in [6.07, 6.45) is 1.63. The summed E-state index contributed by atoms with van der Waals surface area (Å²) in [5.41, 5.74) is 0.390. The molecule has 1 saturated heterocycles. The van der Waals surface area contributed by atoms with E-state index in [0.29, 0.717) is 0 Å². The van der Waals surface area contributed by atoms with Crippen LogP contribution in [0.4, 0.5) is 4.79 Å². The summed E-state index contributed by atoms with van der Waals surface area (Å²) in [4.78, 5) is 14.1. The van der Waals surface area contributed by atoms with Gasteiger partial charge in [0.15, 0.2) is 0 Å². The van der Waals surface area contributed by atoms with Gasteiger partial charge in [0.2, 0.25) is 0 Å². The highest BCUT2D eigenvalue weighted by Crippen LogP contribution is 2.35. The first-order valence-electron chi connectivity index (χ1n) is 7.42. The lowest BCUT2D eigenvalue weighted by molar-refractivity contribution is 0.0209. The smallest absolute Gasteiger partial charge is 0.410 e. The lowest BCUT2D eigenvalue weighted by atomic mass is 10.1. The van der Waals surface area contributed by atoms with Crippen molar-refractivity contribution in [2.24, 2.45) is 0 Å². The molecule has 1 aliphatic rings. The third kappa shape index (κ3) is 2.89. The van der Waals surface area contributed by atoms with Gasteiger partial charge >= 0.3 is 6.09 Å². The fourth-order valence-corrected chi connectivity index (χ4v) is 2.77. The predicted molar refractivity (Wildman–Crippen MR) is 81.1 cm³/mol. The Morgan fingerprint density at radius 1 is 1.33 bits per heavy atom. The van der Waals surface area contributed by atoms with Crippen molar-refractivity contribution in [3.8, 4) is 0 Å². The van der Waals surface area contributed by atoms with E-state index in [1.165, 1.54) is 0 Å². The highest BCUT2D eigenvalue weighted by atomic mass is 16.6. The Morgan fingerprint density at radius 3 is 2.81 bits per heavy atom. The molecule has 0 spiro atoms. The number of amides is 1. The maximum atomic E-state index is 12.3. The zero-order valence-electron chi connectivity index (χ0n) is 12.8. The van der Waals surface area contributed by atoms with Crippen LogP contribution in [-0.4, -0.2) is 23.1 Å². The van der Waals surface area contributed by atoms with Gasteiger partial charge in [0, 0.05) is 11.9 Å². The number of nitrogens with zero attached hydrogens (tertiary/aromatic N) is 1. The summed E-state index contributed by atoms with van der Waals surface area (Å²) in [6.45, 7) is 6.38. The zero-order valence-corrected chi connectivity index (χ0v) is 12.8. The average Bonchev–Trinajstić information content (AvgIpc) is 3.02. The molecular weight excluding hydrogens is 266 g/mol. The van der Waals surface area contributed by atoms with E-state index in [4.69, 9.17) is 9.15 Å². The summed E-state index contributed by atoms with van der Waals surface area (Å²) < 4.78 is 11.4. The number of fused-ring (bicyclic) bond motifs is 1. The molecule has 4 heteroatoms. The standard InChI is InChI=1S/C17H21NO3/c1-17(2,3)21-16(19)18-10-6-8-13(18)15-11-12-7-4-5-9-14(12)20-15/h4-5,7,9,11,13H,6,8,10H2,1-3H3/t13-/m0/s1. The van der Waals surface area contributed by atoms with Gasteiger partial charge in [0.1, 0.15) is 16.9 Å². The van der Waals surface area contributed by atoms with Crippen LogP contribution in [0.15, 0.2) is 34.7 Å². The molecule has 1 aliphatic heterocycles. The van der Waals surface area contributed by atoms with Gasteiger partial charge in [-0.05, 0) is 45.7 Å². The summed E-state index contributed by atoms with van der Waals surface area (Å²) in [6, 6.07) is 9.92. The van der Waals surface area contributed by atoms with E-state index in [0.717, 1.165) is 36.1 Å². The normalized spacial score (nSPS) is 19.2. The molecular formula is C17H21NO3. The van der Waals surface area contributed by atoms with E-state index in [2.05, 4.69) is 0 Å². The number of likely N-dealkylation sites (tertiary alicyclic amines) is 1. The second-order valence-corrected chi connectivity index (χ2v) is 6.52. The zero-order chi connectivity index (χ0) is 15.0. The van der Waals surface area contributed by atoms with Gasteiger partial charge < -0.3 is 9.15 Å². The largest absolute Gasteiger partial charge is 0.459 e. The number of ether oxygens (including phenoxy) is 1. The molecule has 1 aromatic carbocycles. The van der Waals surface area contributed by atoms with E-state index >= 15 is 0 Å². The number of furan rings is 1. The van der Waals surface area contributed by atoms with E-state index in [1.54, 1.807) is 4.90 Å². The van der Waals surface area contributed by atoms with Gasteiger partial charge in [-0.25, -0.2) is 4.79 Å². The number of hydrogen-bond donors (Lipinski definition) is 0. The number of carbonyl (C=O) groups excluding carboxylic acids is 1. The highest BCUT2D eigenvalue weighted by Gasteiger charge is 2.35. The van der Waals surface area contributed by atoms with Crippen molar-refractivity contribution in [2.75, 3.05) is 6.54 Å². The molecule has 1 aromatic heterocycles. The third-order valence-corrected chi connectivity index (χ3v) is 3.65.